The predicted molar refractivity (Wildman–Crippen MR) is 78.8 cm³/mol. The number of para-hydroxylation sites is 1. The number of nitro benzene ring substituents is 1. The van der Waals surface area contributed by atoms with E-state index in [-0.39, 0.29) is 10.6 Å². The quantitative estimate of drug-likeness (QED) is 0.493. The highest BCUT2D eigenvalue weighted by atomic mass is 16.6. The van der Waals surface area contributed by atoms with Gasteiger partial charge in [0.1, 0.15) is 5.52 Å². The number of nitrogens with one attached hydrogen (secondary N) is 1. The summed E-state index contributed by atoms with van der Waals surface area (Å²) >= 11 is 0. The number of fused-ring (bicyclic) bond motifs is 1. The Kier molecular flexibility index (Phi) is 3.50. The predicted octanol–water partition coefficient (Wildman–Crippen LogP) is 3.75. The number of aromatic nitrogens is 1. The minimum Gasteiger partial charge on any atom is -0.384 e. The highest BCUT2D eigenvalue weighted by molar-refractivity contribution is 5.96. The standard InChI is InChI=1S/C15H17N3O2/c19-18(20)14-5-1-4-12-13(8-10-17-15(12)14)16-9-2-3-11-6-7-11/h1,4-5,8,10-11H,2-3,6-7,9H2,(H,16,17). The van der Waals surface area contributed by atoms with Crippen molar-refractivity contribution in [1.82, 2.24) is 4.98 Å². The van der Waals surface area contributed by atoms with Gasteiger partial charge in [-0.1, -0.05) is 25.0 Å². The summed E-state index contributed by atoms with van der Waals surface area (Å²) in [5, 5.41) is 15.2. The van der Waals surface area contributed by atoms with E-state index in [2.05, 4.69) is 10.3 Å². The molecular formula is C15H17N3O2. The lowest BCUT2D eigenvalue weighted by molar-refractivity contribution is -0.383. The van der Waals surface area contributed by atoms with Gasteiger partial charge in [-0.3, -0.25) is 10.1 Å². The van der Waals surface area contributed by atoms with Crippen LogP contribution in [0, 0.1) is 16.0 Å². The fraction of sp³-hybridized carbons (Fsp3) is 0.400. The van der Waals surface area contributed by atoms with E-state index < -0.39 is 0 Å². The monoisotopic (exact) mass is 271 g/mol. The molecule has 0 bridgehead atoms. The van der Waals surface area contributed by atoms with Gasteiger partial charge in [0.2, 0.25) is 0 Å². The van der Waals surface area contributed by atoms with Crippen LogP contribution in [0.15, 0.2) is 30.5 Å². The van der Waals surface area contributed by atoms with Crippen LogP contribution in [0.4, 0.5) is 11.4 Å². The van der Waals surface area contributed by atoms with Gasteiger partial charge in [-0.15, -0.1) is 0 Å². The molecule has 1 saturated carbocycles. The molecule has 2 aromatic rings. The third kappa shape index (κ3) is 2.71. The number of nitro groups is 1. The second-order valence-electron chi connectivity index (χ2n) is 5.30. The molecule has 1 fully saturated rings. The fourth-order valence-corrected chi connectivity index (χ4v) is 2.48. The first-order valence-corrected chi connectivity index (χ1v) is 7.01. The van der Waals surface area contributed by atoms with Crippen LogP contribution in [0.5, 0.6) is 0 Å². The van der Waals surface area contributed by atoms with Gasteiger partial charge in [-0.25, -0.2) is 4.98 Å². The lowest BCUT2D eigenvalue weighted by atomic mass is 10.1. The first-order valence-electron chi connectivity index (χ1n) is 7.01. The van der Waals surface area contributed by atoms with E-state index in [1.54, 1.807) is 12.3 Å². The smallest absolute Gasteiger partial charge is 0.295 e. The first-order chi connectivity index (χ1) is 9.75. The number of hydrogen-bond donors (Lipinski definition) is 1. The molecule has 1 aromatic carbocycles. The van der Waals surface area contributed by atoms with E-state index in [0.29, 0.717) is 5.52 Å². The summed E-state index contributed by atoms with van der Waals surface area (Å²) < 4.78 is 0. The largest absolute Gasteiger partial charge is 0.384 e. The summed E-state index contributed by atoms with van der Waals surface area (Å²) in [6.07, 6.45) is 6.80. The van der Waals surface area contributed by atoms with E-state index in [0.717, 1.165) is 30.0 Å². The molecule has 1 aromatic heterocycles. The molecule has 1 heterocycles. The SMILES string of the molecule is O=[N+]([O-])c1cccc2c(NCCCC3CC3)ccnc12. The maximum atomic E-state index is 11.0. The van der Waals surface area contributed by atoms with Crippen molar-refractivity contribution in [1.29, 1.82) is 0 Å². The molecule has 5 heteroatoms. The summed E-state index contributed by atoms with van der Waals surface area (Å²) in [5.41, 5.74) is 1.43. The van der Waals surface area contributed by atoms with Crippen LogP contribution in [0.2, 0.25) is 0 Å². The van der Waals surface area contributed by atoms with E-state index in [1.165, 1.54) is 25.3 Å². The van der Waals surface area contributed by atoms with E-state index in [9.17, 15) is 10.1 Å². The molecule has 0 atom stereocenters. The Morgan fingerprint density at radius 1 is 1.35 bits per heavy atom. The Hall–Kier alpha value is -2.17. The van der Waals surface area contributed by atoms with Crippen molar-refractivity contribution in [3.05, 3.63) is 40.6 Å². The molecule has 104 valence electrons. The average Bonchev–Trinajstić information content (AvgIpc) is 3.27. The maximum absolute atomic E-state index is 11.0. The maximum Gasteiger partial charge on any atom is 0.295 e. The van der Waals surface area contributed by atoms with Crippen molar-refractivity contribution >= 4 is 22.3 Å². The van der Waals surface area contributed by atoms with Gasteiger partial charge < -0.3 is 5.32 Å². The summed E-state index contributed by atoms with van der Waals surface area (Å²) in [6, 6.07) is 6.95. The molecule has 0 unspecified atom stereocenters. The van der Waals surface area contributed by atoms with Crippen LogP contribution in [0.1, 0.15) is 25.7 Å². The zero-order valence-corrected chi connectivity index (χ0v) is 11.2. The van der Waals surface area contributed by atoms with Crippen LogP contribution in [-0.2, 0) is 0 Å². The second-order valence-corrected chi connectivity index (χ2v) is 5.30. The zero-order valence-electron chi connectivity index (χ0n) is 11.2. The number of benzene rings is 1. The Bertz CT molecular complexity index is 638. The molecule has 0 spiro atoms. The van der Waals surface area contributed by atoms with Gasteiger partial charge in [-0.05, 0) is 24.8 Å². The third-order valence-corrected chi connectivity index (χ3v) is 3.75. The van der Waals surface area contributed by atoms with E-state index in [4.69, 9.17) is 0 Å². The van der Waals surface area contributed by atoms with Crippen molar-refractivity contribution in [2.75, 3.05) is 11.9 Å². The summed E-state index contributed by atoms with van der Waals surface area (Å²) in [4.78, 5) is 14.8. The Morgan fingerprint density at radius 3 is 2.95 bits per heavy atom. The molecule has 0 saturated heterocycles. The van der Waals surface area contributed by atoms with Crippen LogP contribution >= 0.6 is 0 Å². The van der Waals surface area contributed by atoms with Crippen molar-refractivity contribution in [3.63, 3.8) is 0 Å². The van der Waals surface area contributed by atoms with Crippen LogP contribution in [0.3, 0.4) is 0 Å². The highest BCUT2D eigenvalue weighted by Gasteiger charge is 2.20. The van der Waals surface area contributed by atoms with E-state index in [1.807, 2.05) is 12.1 Å². The van der Waals surface area contributed by atoms with Gasteiger partial charge >= 0.3 is 0 Å². The minimum absolute atomic E-state index is 0.0594. The van der Waals surface area contributed by atoms with E-state index >= 15 is 0 Å². The zero-order chi connectivity index (χ0) is 13.9. The number of nitrogens with zero attached hydrogens (tertiary/aromatic N) is 2. The molecule has 0 amide bonds. The Morgan fingerprint density at radius 2 is 2.20 bits per heavy atom. The van der Waals surface area contributed by atoms with Crippen LogP contribution in [0.25, 0.3) is 10.9 Å². The number of hydrogen-bond acceptors (Lipinski definition) is 4. The van der Waals surface area contributed by atoms with Crippen LogP contribution in [-0.4, -0.2) is 16.5 Å². The summed E-state index contributed by atoms with van der Waals surface area (Å²) in [6.45, 7) is 0.901. The van der Waals surface area contributed by atoms with Crippen LogP contribution < -0.4 is 5.32 Å². The number of rotatable bonds is 6. The van der Waals surface area contributed by atoms with Gasteiger partial charge in [0.05, 0.1) is 4.92 Å². The van der Waals surface area contributed by atoms with Gasteiger partial charge in [-0.2, -0.15) is 0 Å². The van der Waals surface area contributed by atoms with Crippen molar-refractivity contribution in [2.24, 2.45) is 5.92 Å². The molecule has 1 N–H and O–H groups in total. The molecule has 5 nitrogen and oxygen atoms in total. The molecule has 0 radical (unpaired) electrons. The Labute approximate surface area is 117 Å². The second kappa shape index (κ2) is 5.45. The van der Waals surface area contributed by atoms with Crippen molar-refractivity contribution in [2.45, 2.75) is 25.7 Å². The summed E-state index contributed by atoms with van der Waals surface area (Å²) in [7, 11) is 0. The summed E-state index contributed by atoms with van der Waals surface area (Å²) in [5.74, 6) is 0.937. The Balaban J connectivity index is 1.79. The fourth-order valence-electron chi connectivity index (χ4n) is 2.48. The third-order valence-electron chi connectivity index (χ3n) is 3.75. The number of anilines is 1. The normalized spacial score (nSPS) is 14.4. The van der Waals surface area contributed by atoms with Gasteiger partial charge in [0.25, 0.3) is 5.69 Å². The number of non-ortho nitro benzene ring substituents is 1. The molecule has 3 rings (SSSR count). The molecule has 0 aliphatic heterocycles. The van der Waals surface area contributed by atoms with Crippen molar-refractivity contribution in [3.8, 4) is 0 Å². The van der Waals surface area contributed by atoms with Crippen molar-refractivity contribution < 1.29 is 4.92 Å². The lowest BCUT2D eigenvalue weighted by Gasteiger charge is -2.09. The average molecular weight is 271 g/mol. The first kappa shape index (κ1) is 12.8. The minimum atomic E-state index is -0.383. The van der Waals surface area contributed by atoms with Gasteiger partial charge in [0, 0.05) is 29.9 Å². The topological polar surface area (TPSA) is 68.1 Å². The molecule has 20 heavy (non-hydrogen) atoms. The highest BCUT2D eigenvalue weighted by Crippen LogP contribution is 2.33. The lowest BCUT2D eigenvalue weighted by Crippen LogP contribution is -2.03. The molecular weight excluding hydrogens is 254 g/mol. The molecule has 1 aliphatic carbocycles. The molecule has 1 aliphatic rings. The van der Waals surface area contributed by atoms with Gasteiger partial charge in [0.15, 0.2) is 0 Å². The number of pyridine rings is 1.